The van der Waals surface area contributed by atoms with Gasteiger partial charge in [-0.25, -0.2) is 13.8 Å². The summed E-state index contributed by atoms with van der Waals surface area (Å²) in [6, 6.07) is 4.74. The number of carbonyl (C=O) groups is 1. The lowest BCUT2D eigenvalue weighted by atomic mass is 10.2. The zero-order valence-electron chi connectivity index (χ0n) is 12.1. The molecule has 2 aromatic rings. The third-order valence-corrected chi connectivity index (χ3v) is 2.84. The van der Waals surface area contributed by atoms with Gasteiger partial charge < -0.3 is 9.47 Å². The van der Waals surface area contributed by atoms with Crippen molar-refractivity contribution in [1.82, 2.24) is 4.57 Å². The molecule has 0 unspecified atom stereocenters. The van der Waals surface area contributed by atoms with Crippen molar-refractivity contribution in [1.29, 1.82) is 0 Å². The molecular formula is C15H18FNO3. The summed E-state index contributed by atoms with van der Waals surface area (Å²) in [5.41, 5.74) is 0.842. The molecule has 0 amide bonds. The maximum atomic E-state index is 14.2. The third kappa shape index (κ3) is 2.61. The molecule has 0 N–H and O–H groups in total. The van der Waals surface area contributed by atoms with Crippen LogP contribution in [0.5, 0.6) is 5.75 Å². The first-order valence-electron chi connectivity index (χ1n) is 6.59. The Morgan fingerprint density at radius 3 is 2.65 bits per heavy atom. The van der Waals surface area contributed by atoms with E-state index >= 15 is 0 Å². The fourth-order valence-corrected chi connectivity index (χ4v) is 2.15. The quantitative estimate of drug-likeness (QED) is 0.856. The first kappa shape index (κ1) is 14.4. The molecule has 108 valence electrons. The minimum Gasteiger partial charge on any atom is -0.494 e. The molecule has 2 rings (SSSR count). The van der Waals surface area contributed by atoms with Crippen LogP contribution in [0.1, 0.15) is 26.5 Å². The molecule has 0 atom stereocenters. The van der Waals surface area contributed by atoms with Gasteiger partial charge in [0.1, 0.15) is 5.75 Å². The second-order valence-electron chi connectivity index (χ2n) is 4.83. The average molecular weight is 279 g/mol. The molecule has 0 aliphatic carbocycles. The first-order valence-corrected chi connectivity index (χ1v) is 6.59. The van der Waals surface area contributed by atoms with Crippen LogP contribution in [0, 0.1) is 12.7 Å². The normalized spacial score (nSPS) is 11.1. The number of aryl methyl sites for hydroxylation is 1. The van der Waals surface area contributed by atoms with Crippen molar-refractivity contribution in [2.75, 3.05) is 6.61 Å². The molecule has 0 bridgehead atoms. The number of hydrogen-bond acceptors (Lipinski definition) is 3. The van der Waals surface area contributed by atoms with Gasteiger partial charge in [0.05, 0.1) is 18.2 Å². The van der Waals surface area contributed by atoms with E-state index in [1.807, 2.05) is 6.92 Å². The van der Waals surface area contributed by atoms with Gasteiger partial charge in [-0.1, -0.05) is 0 Å². The van der Waals surface area contributed by atoms with Crippen molar-refractivity contribution in [3.05, 3.63) is 29.7 Å². The maximum absolute atomic E-state index is 14.2. The molecule has 4 nitrogen and oxygen atoms in total. The molecule has 20 heavy (non-hydrogen) atoms. The Bertz CT molecular complexity index is 646. The lowest BCUT2D eigenvalue weighted by Crippen LogP contribution is -2.19. The molecule has 0 saturated carbocycles. The van der Waals surface area contributed by atoms with Gasteiger partial charge in [0, 0.05) is 17.1 Å². The van der Waals surface area contributed by atoms with Crippen LogP contribution in [0.4, 0.5) is 9.18 Å². The number of halogens is 1. The van der Waals surface area contributed by atoms with E-state index in [-0.39, 0.29) is 11.6 Å². The molecule has 1 heterocycles. The van der Waals surface area contributed by atoms with Crippen molar-refractivity contribution < 1.29 is 18.7 Å². The topological polar surface area (TPSA) is 40.5 Å². The highest BCUT2D eigenvalue weighted by molar-refractivity contribution is 5.92. The van der Waals surface area contributed by atoms with Crippen LogP contribution < -0.4 is 4.74 Å². The molecule has 0 saturated heterocycles. The summed E-state index contributed by atoms with van der Waals surface area (Å²) in [7, 11) is 0. The zero-order valence-corrected chi connectivity index (χ0v) is 12.1. The van der Waals surface area contributed by atoms with Crippen LogP contribution in [0.25, 0.3) is 10.9 Å². The second-order valence-corrected chi connectivity index (χ2v) is 4.83. The number of hydrogen-bond donors (Lipinski definition) is 0. The van der Waals surface area contributed by atoms with E-state index < -0.39 is 11.9 Å². The number of aromatic nitrogens is 1. The minimum atomic E-state index is -0.574. The van der Waals surface area contributed by atoms with Gasteiger partial charge in [0.15, 0.2) is 5.82 Å². The van der Waals surface area contributed by atoms with E-state index in [9.17, 15) is 9.18 Å². The Labute approximate surface area is 117 Å². The second kappa shape index (κ2) is 5.53. The molecule has 0 aliphatic heterocycles. The van der Waals surface area contributed by atoms with Crippen molar-refractivity contribution in [2.24, 2.45) is 0 Å². The highest BCUT2D eigenvalue weighted by Gasteiger charge is 2.19. The van der Waals surface area contributed by atoms with Crippen molar-refractivity contribution >= 4 is 17.0 Å². The minimum absolute atomic E-state index is 0.219. The molecular weight excluding hydrogens is 261 g/mol. The summed E-state index contributed by atoms with van der Waals surface area (Å²) in [5, 5.41) is 0.617. The van der Waals surface area contributed by atoms with Crippen molar-refractivity contribution in [3.63, 3.8) is 0 Å². The standard InChI is InChI=1S/C15H18FNO3/c1-5-19-12-7-11-6-10(4)17(14(11)13(16)8-12)15(18)20-9(2)3/h6-9H,5H2,1-4H3. The molecule has 1 aromatic carbocycles. The molecule has 5 heteroatoms. The van der Waals surface area contributed by atoms with Gasteiger partial charge >= 0.3 is 6.09 Å². The summed E-state index contributed by atoms with van der Waals surface area (Å²) < 4.78 is 25.9. The van der Waals surface area contributed by atoms with Crippen LogP contribution in [0.3, 0.4) is 0 Å². The largest absolute Gasteiger partial charge is 0.494 e. The third-order valence-electron chi connectivity index (χ3n) is 2.84. The SMILES string of the molecule is CCOc1cc(F)c2c(c1)cc(C)n2C(=O)OC(C)C. The van der Waals surface area contributed by atoms with Gasteiger partial charge in [-0.2, -0.15) is 0 Å². The number of fused-ring (bicyclic) bond motifs is 1. The molecule has 0 aliphatic rings. The van der Waals surface area contributed by atoms with Gasteiger partial charge in [-0.15, -0.1) is 0 Å². The Balaban J connectivity index is 2.56. The Hall–Kier alpha value is -2.04. The number of benzene rings is 1. The zero-order chi connectivity index (χ0) is 14.9. The fourth-order valence-electron chi connectivity index (χ4n) is 2.15. The van der Waals surface area contributed by atoms with E-state index in [1.54, 1.807) is 32.9 Å². The Morgan fingerprint density at radius 2 is 2.05 bits per heavy atom. The summed E-state index contributed by atoms with van der Waals surface area (Å²) in [6.45, 7) is 7.53. The van der Waals surface area contributed by atoms with Gasteiger partial charge in [0.25, 0.3) is 0 Å². The fraction of sp³-hybridized carbons (Fsp3) is 0.400. The van der Waals surface area contributed by atoms with Gasteiger partial charge in [0.2, 0.25) is 0 Å². The Kier molecular flexibility index (Phi) is 3.97. The molecule has 0 spiro atoms. The van der Waals surface area contributed by atoms with Crippen molar-refractivity contribution in [2.45, 2.75) is 33.8 Å². The van der Waals surface area contributed by atoms with Gasteiger partial charge in [-0.05, 0) is 39.8 Å². The van der Waals surface area contributed by atoms with Crippen LogP contribution in [0.2, 0.25) is 0 Å². The molecule has 1 aromatic heterocycles. The lowest BCUT2D eigenvalue weighted by Gasteiger charge is -2.11. The summed E-state index contributed by atoms with van der Waals surface area (Å²) in [4.78, 5) is 12.1. The highest BCUT2D eigenvalue weighted by atomic mass is 19.1. The lowest BCUT2D eigenvalue weighted by molar-refractivity contribution is 0.117. The number of rotatable bonds is 3. The molecule has 0 radical (unpaired) electrons. The summed E-state index contributed by atoms with van der Waals surface area (Å²) >= 11 is 0. The van der Waals surface area contributed by atoms with E-state index in [0.29, 0.717) is 23.4 Å². The summed E-state index contributed by atoms with van der Waals surface area (Å²) in [5.74, 6) is -0.0494. The van der Waals surface area contributed by atoms with Crippen LogP contribution in [-0.4, -0.2) is 23.4 Å². The number of nitrogens with zero attached hydrogens (tertiary/aromatic N) is 1. The van der Waals surface area contributed by atoms with Gasteiger partial charge in [-0.3, -0.25) is 0 Å². The predicted octanol–water partition coefficient (Wildman–Crippen LogP) is 3.88. The maximum Gasteiger partial charge on any atom is 0.419 e. The highest BCUT2D eigenvalue weighted by Crippen LogP contribution is 2.28. The smallest absolute Gasteiger partial charge is 0.419 e. The summed E-state index contributed by atoms with van der Waals surface area (Å²) in [6.07, 6.45) is -0.833. The van der Waals surface area contributed by atoms with Crippen molar-refractivity contribution in [3.8, 4) is 5.75 Å². The first-order chi connectivity index (χ1) is 9.43. The van der Waals surface area contributed by atoms with Crippen LogP contribution in [0.15, 0.2) is 18.2 Å². The molecule has 0 fully saturated rings. The van der Waals surface area contributed by atoms with E-state index in [2.05, 4.69) is 0 Å². The number of carbonyl (C=O) groups excluding carboxylic acids is 1. The monoisotopic (exact) mass is 279 g/mol. The Morgan fingerprint density at radius 1 is 1.35 bits per heavy atom. The number of ether oxygens (including phenoxy) is 2. The van der Waals surface area contributed by atoms with E-state index in [1.165, 1.54) is 10.6 Å². The van der Waals surface area contributed by atoms with E-state index in [0.717, 1.165) is 0 Å². The predicted molar refractivity (Wildman–Crippen MR) is 74.8 cm³/mol. The van der Waals surface area contributed by atoms with Crippen LogP contribution >= 0.6 is 0 Å². The average Bonchev–Trinajstić information content (AvgIpc) is 2.65. The van der Waals surface area contributed by atoms with Crippen LogP contribution in [-0.2, 0) is 4.74 Å². The van der Waals surface area contributed by atoms with E-state index in [4.69, 9.17) is 9.47 Å².